The number of anilines is 1. The quantitative estimate of drug-likeness (QED) is 0.107. The van der Waals surface area contributed by atoms with E-state index in [2.05, 4.69) is 51.7 Å². The van der Waals surface area contributed by atoms with Crippen molar-refractivity contribution >= 4 is 39.8 Å². The number of hydrazone groups is 1. The number of hydrogen-bond donors (Lipinski definition) is 2. The first-order valence-corrected chi connectivity index (χ1v) is 12.5. The Kier molecular flexibility index (Phi) is 8.05. The maximum absolute atomic E-state index is 13.3. The number of nitrogens with one attached hydrogen (secondary N) is 1. The third kappa shape index (κ3) is 6.42. The van der Waals surface area contributed by atoms with Gasteiger partial charge in [-0.2, -0.15) is 9.78 Å². The van der Waals surface area contributed by atoms with E-state index < -0.39 is 17.7 Å². The van der Waals surface area contributed by atoms with Gasteiger partial charge < -0.3 is 15.2 Å². The van der Waals surface area contributed by atoms with Crippen LogP contribution in [0, 0.1) is 5.82 Å². The molecule has 1 amide bonds. The number of nitrogens with two attached hydrogens (primary N) is 1. The van der Waals surface area contributed by atoms with E-state index in [0.29, 0.717) is 21.3 Å². The molecule has 2 aromatic heterocycles. The van der Waals surface area contributed by atoms with Crippen molar-refractivity contribution in [1.29, 1.82) is 0 Å². The molecule has 0 fully saturated rings. The van der Waals surface area contributed by atoms with Gasteiger partial charge in [-0.25, -0.2) is 19.2 Å². The minimum atomic E-state index is -0.752. The number of hydrogen-bond acceptors (Lipinski definition) is 11. The lowest BCUT2D eigenvalue weighted by atomic mass is 10.2. The normalized spacial score (nSPS) is 11.0. The second-order valence-corrected chi connectivity index (χ2v) is 9.06. The Morgan fingerprint density at radius 3 is 2.61 bits per heavy atom. The summed E-state index contributed by atoms with van der Waals surface area (Å²) >= 11 is 3.37. The largest absolute Gasteiger partial charge is 0.487 e. The molecule has 5 rings (SSSR count). The number of rotatable bonds is 9. The van der Waals surface area contributed by atoms with E-state index in [4.69, 9.17) is 15.2 Å². The summed E-state index contributed by atoms with van der Waals surface area (Å²) in [6.45, 7) is -0.234. The van der Waals surface area contributed by atoms with Gasteiger partial charge in [-0.05, 0) is 64.9 Å². The highest BCUT2D eigenvalue weighted by atomic mass is 79.9. The number of esters is 1. The second-order valence-electron chi connectivity index (χ2n) is 8.15. The van der Waals surface area contributed by atoms with Crippen LogP contribution < -0.4 is 20.6 Å². The number of amides is 1. The molecule has 0 aliphatic heterocycles. The molecule has 3 N–H and O–H groups in total. The van der Waals surface area contributed by atoms with Crippen LogP contribution in [-0.2, 0) is 6.61 Å². The standard InChI is InChI=1S/C26H18BrFN8O5/c27-17-6-11-21(40-26(38)15-4-2-1-3-5-15)16(12-17)13-30-32-25(37)22-20(14-39-19-9-7-18(28)8-10-19)36(35-31-22)24-23(29)33-41-34-24/h1-13H,14H2,(H2,29,33)(H,32,37)/b30-13+. The molecule has 0 aliphatic rings. The summed E-state index contributed by atoms with van der Waals surface area (Å²) in [6.07, 6.45) is 1.30. The van der Waals surface area contributed by atoms with Crippen molar-refractivity contribution in [3.05, 3.63) is 106 Å². The monoisotopic (exact) mass is 620 g/mol. The Balaban J connectivity index is 1.36. The van der Waals surface area contributed by atoms with Gasteiger partial charge in [-0.3, -0.25) is 4.79 Å². The lowest BCUT2D eigenvalue weighted by Crippen LogP contribution is -2.21. The van der Waals surface area contributed by atoms with Crippen molar-refractivity contribution in [3.63, 3.8) is 0 Å². The Morgan fingerprint density at radius 1 is 1.10 bits per heavy atom. The summed E-state index contributed by atoms with van der Waals surface area (Å²) in [5.74, 6) is -1.33. The van der Waals surface area contributed by atoms with Gasteiger partial charge in [0.1, 0.15) is 29.6 Å². The highest BCUT2D eigenvalue weighted by Crippen LogP contribution is 2.23. The third-order valence-corrected chi connectivity index (χ3v) is 5.91. The number of halogens is 2. The Morgan fingerprint density at radius 2 is 1.88 bits per heavy atom. The average molecular weight is 621 g/mol. The lowest BCUT2D eigenvalue weighted by Gasteiger charge is -2.09. The van der Waals surface area contributed by atoms with Gasteiger partial charge in [-0.15, -0.1) is 5.10 Å². The van der Waals surface area contributed by atoms with Crippen molar-refractivity contribution in [2.75, 3.05) is 5.73 Å². The zero-order valence-electron chi connectivity index (χ0n) is 20.8. The van der Waals surface area contributed by atoms with E-state index >= 15 is 0 Å². The molecule has 0 unspecified atom stereocenters. The molecule has 0 spiro atoms. The SMILES string of the molecule is Nc1nonc1-n1nnc(C(=O)N/N=C/c2cc(Br)ccc2OC(=O)c2ccccc2)c1COc1ccc(F)cc1. The topological polar surface area (TPSA) is 173 Å². The van der Waals surface area contributed by atoms with Gasteiger partial charge >= 0.3 is 5.97 Å². The fraction of sp³-hybridized carbons (Fsp3) is 0.0385. The average Bonchev–Trinajstić information content (AvgIpc) is 3.60. The molecule has 0 atom stereocenters. The summed E-state index contributed by atoms with van der Waals surface area (Å²) in [6, 6.07) is 18.7. The summed E-state index contributed by atoms with van der Waals surface area (Å²) < 4.78 is 30.9. The molecule has 0 bridgehead atoms. The smallest absolute Gasteiger partial charge is 0.343 e. The van der Waals surface area contributed by atoms with Crippen molar-refractivity contribution in [1.82, 2.24) is 30.7 Å². The number of benzene rings is 3. The number of carbonyl (C=O) groups excluding carboxylic acids is 2. The number of nitrogen functional groups attached to an aromatic ring is 1. The summed E-state index contributed by atoms with van der Waals surface area (Å²) in [5.41, 5.74) is 8.88. The summed E-state index contributed by atoms with van der Waals surface area (Å²) in [5, 5.41) is 19.0. The van der Waals surface area contributed by atoms with Crippen LogP contribution in [0.25, 0.3) is 5.82 Å². The molecule has 206 valence electrons. The van der Waals surface area contributed by atoms with Crippen LogP contribution in [0.4, 0.5) is 10.2 Å². The van der Waals surface area contributed by atoms with E-state index in [1.54, 1.807) is 48.5 Å². The van der Waals surface area contributed by atoms with Crippen LogP contribution in [0.3, 0.4) is 0 Å². The number of aromatic nitrogens is 5. The van der Waals surface area contributed by atoms with Gasteiger partial charge in [0.05, 0.1) is 11.8 Å². The zero-order chi connectivity index (χ0) is 28.8. The zero-order valence-corrected chi connectivity index (χ0v) is 22.4. The van der Waals surface area contributed by atoms with Crippen molar-refractivity contribution in [2.45, 2.75) is 6.61 Å². The summed E-state index contributed by atoms with van der Waals surface area (Å²) in [7, 11) is 0. The Bertz CT molecular complexity index is 1720. The van der Waals surface area contributed by atoms with Crippen LogP contribution >= 0.6 is 15.9 Å². The van der Waals surface area contributed by atoms with Gasteiger partial charge in [0.2, 0.25) is 11.6 Å². The van der Waals surface area contributed by atoms with E-state index in [1.165, 1.54) is 30.5 Å². The Hall–Kier alpha value is -5.44. The highest BCUT2D eigenvalue weighted by molar-refractivity contribution is 9.10. The fourth-order valence-electron chi connectivity index (χ4n) is 3.46. The predicted octanol–water partition coefficient (Wildman–Crippen LogP) is 3.70. The van der Waals surface area contributed by atoms with Crippen LogP contribution in [-0.4, -0.2) is 43.4 Å². The van der Waals surface area contributed by atoms with Crippen molar-refractivity contribution in [3.8, 4) is 17.3 Å². The van der Waals surface area contributed by atoms with Crippen LogP contribution in [0.5, 0.6) is 11.5 Å². The fourth-order valence-corrected chi connectivity index (χ4v) is 3.84. The molecule has 0 saturated carbocycles. The van der Waals surface area contributed by atoms with E-state index in [-0.39, 0.29) is 35.4 Å². The molecular weight excluding hydrogens is 603 g/mol. The van der Waals surface area contributed by atoms with Gasteiger partial charge in [0, 0.05) is 10.0 Å². The molecule has 0 aliphatic carbocycles. The molecular formula is C26H18BrFN8O5. The molecule has 41 heavy (non-hydrogen) atoms. The minimum Gasteiger partial charge on any atom is -0.487 e. The van der Waals surface area contributed by atoms with Gasteiger partial charge in [0.25, 0.3) is 5.91 Å². The number of carbonyl (C=O) groups is 2. The van der Waals surface area contributed by atoms with Crippen molar-refractivity contribution < 1.29 is 28.1 Å². The molecule has 3 aromatic carbocycles. The maximum atomic E-state index is 13.3. The van der Waals surface area contributed by atoms with Crippen LogP contribution in [0.2, 0.25) is 0 Å². The predicted molar refractivity (Wildman–Crippen MR) is 145 cm³/mol. The highest BCUT2D eigenvalue weighted by Gasteiger charge is 2.24. The van der Waals surface area contributed by atoms with Crippen LogP contribution in [0.15, 0.2) is 87.0 Å². The van der Waals surface area contributed by atoms with E-state index in [9.17, 15) is 14.0 Å². The summed E-state index contributed by atoms with van der Waals surface area (Å²) in [4.78, 5) is 25.6. The molecule has 0 saturated heterocycles. The lowest BCUT2D eigenvalue weighted by molar-refractivity contribution is 0.0734. The molecule has 13 nitrogen and oxygen atoms in total. The van der Waals surface area contributed by atoms with E-state index in [1.807, 2.05) is 0 Å². The Labute approximate surface area is 238 Å². The van der Waals surface area contributed by atoms with Crippen molar-refractivity contribution in [2.24, 2.45) is 5.10 Å². The first kappa shape index (κ1) is 27.1. The molecule has 15 heteroatoms. The number of ether oxygens (including phenoxy) is 2. The van der Waals surface area contributed by atoms with Crippen LogP contribution in [0.1, 0.15) is 32.1 Å². The number of nitrogens with zero attached hydrogens (tertiary/aromatic N) is 6. The first-order valence-electron chi connectivity index (χ1n) is 11.7. The minimum absolute atomic E-state index is 0.0169. The van der Waals surface area contributed by atoms with Gasteiger partial charge in [0.15, 0.2) is 5.69 Å². The molecule has 5 aromatic rings. The molecule has 0 radical (unpaired) electrons. The second kappa shape index (κ2) is 12.2. The molecule has 2 heterocycles. The first-order chi connectivity index (χ1) is 19.9. The van der Waals surface area contributed by atoms with Gasteiger partial charge in [-0.1, -0.05) is 39.3 Å². The van der Waals surface area contributed by atoms with E-state index in [0.717, 1.165) is 4.68 Å². The maximum Gasteiger partial charge on any atom is 0.343 e. The third-order valence-electron chi connectivity index (χ3n) is 5.42.